The topological polar surface area (TPSA) is 71.2 Å². The molecule has 1 amide bonds. The average Bonchev–Trinajstić information content (AvgIpc) is 3.11. The molecule has 1 aromatic heterocycles. The predicted molar refractivity (Wildman–Crippen MR) is 83.6 cm³/mol. The van der Waals surface area contributed by atoms with Crippen LogP contribution >= 0.6 is 0 Å². The molecule has 1 aliphatic carbocycles. The monoisotopic (exact) mass is 302 g/mol. The Bertz CT molecular complexity index is 689. The number of fused-ring (bicyclic) bond motifs is 1. The van der Waals surface area contributed by atoms with Crippen molar-refractivity contribution in [1.82, 2.24) is 19.9 Å². The van der Waals surface area contributed by atoms with E-state index >= 15 is 0 Å². The zero-order valence-corrected chi connectivity index (χ0v) is 13.1. The molecule has 1 saturated carbocycles. The number of aromatic nitrogens is 3. The smallest absolute Gasteiger partial charge is 0.253 e. The molecule has 1 N–H and O–H groups in total. The van der Waals surface area contributed by atoms with E-state index in [4.69, 9.17) is 0 Å². The molecule has 0 radical (unpaired) electrons. The van der Waals surface area contributed by atoms with Gasteiger partial charge in [-0.25, -0.2) is 4.68 Å². The molecule has 2 aromatic rings. The number of aliphatic hydroxyl groups is 1. The molecule has 0 unspecified atom stereocenters. The number of nitrogens with zero attached hydrogens (tertiary/aromatic N) is 4. The molecule has 0 bridgehead atoms. The van der Waals surface area contributed by atoms with Crippen molar-refractivity contribution in [2.75, 3.05) is 13.6 Å². The first-order valence-electron chi connectivity index (χ1n) is 7.83. The van der Waals surface area contributed by atoms with Crippen molar-refractivity contribution in [3.63, 3.8) is 0 Å². The number of aryl methyl sites for hydroxylation is 1. The first kappa shape index (κ1) is 15.0. The summed E-state index contributed by atoms with van der Waals surface area (Å²) in [6.45, 7) is 3.13. The SMILES string of the molecule is CCn1nnc2cc(C(=O)N(C)CC3(O)CCCC3)ccc21. The van der Waals surface area contributed by atoms with Gasteiger partial charge >= 0.3 is 0 Å². The highest BCUT2D eigenvalue weighted by Gasteiger charge is 2.33. The summed E-state index contributed by atoms with van der Waals surface area (Å²) in [5, 5.41) is 18.6. The molecule has 0 spiro atoms. The van der Waals surface area contributed by atoms with E-state index < -0.39 is 5.60 Å². The molecule has 6 nitrogen and oxygen atoms in total. The minimum Gasteiger partial charge on any atom is -0.388 e. The van der Waals surface area contributed by atoms with Gasteiger partial charge in [0, 0.05) is 25.7 Å². The lowest BCUT2D eigenvalue weighted by Gasteiger charge is -2.28. The zero-order valence-electron chi connectivity index (χ0n) is 13.1. The van der Waals surface area contributed by atoms with Crippen LogP contribution in [0.3, 0.4) is 0 Å². The Kier molecular flexibility index (Phi) is 3.87. The fourth-order valence-electron chi connectivity index (χ4n) is 3.26. The fourth-order valence-corrected chi connectivity index (χ4v) is 3.26. The van der Waals surface area contributed by atoms with Crippen LogP contribution in [0, 0.1) is 0 Å². The van der Waals surface area contributed by atoms with Gasteiger partial charge < -0.3 is 10.0 Å². The first-order valence-corrected chi connectivity index (χ1v) is 7.83. The van der Waals surface area contributed by atoms with Crippen molar-refractivity contribution in [3.05, 3.63) is 23.8 Å². The number of carbonyl (C=O) groups excluding carboxylic acids is 1. The van der Waals surface area contributed by atoms with E-state index in [2.05, 4.69) is 10.3 Å². The number of likely N-dealkylation sites (N-methyl/N-ethyl adjacent to an activating group) is 1. The molecule has 22 heavy (non-hydrogen) atoms. The number of rotatable bonds is 4. The maximum atomic E-state index is 12.6. The van der Waals surface area contributed by atoms with Crippen molar-refractivity contribution in [2.24, 2.45) is 0 Å². The number of amides is 1. The normalized spacial score (nSPS) is 17.0. The van der Waals surface area contributed by atoms with Gasteiger partial charge in [-0.1, -0.05) is 18.1 Å². The molecule has 1 aliphatic rings. The summed E-state index contributed by atoms with van der Waals surface area (Å²) in [6.07, 6.45) is 3.61. The molecule has 0 atom stereocenters. The van der Waals surface area contributed by atoms with Crippen LogP contribution in [-0.4, -0.2) is 50.1 Å². The fraction of sp³-hybridized carbons (Fsp3) is 0.562. The van der Waals surface area contributed by atoms with E-state index in [0.29, 0.717) is 12.1 Å². The molecule has 0 aliphatic heterocycles. The Morgan fingerprint density at radius 2 is 2.14 bits per heavy atom. The lowest BCUT2D eigenvalue weighted by molar-refractivity contribution is 0.0157. The van der Waals surface area contributed by atoms with Crippen LogP contribution in [0.4, 0.5) is 0 Å². The Hall–Kier alpha value is -1.95. The van der Waals surface area contributed by atoms with Gasteiger partial charge in [-0.2, -0.15) is 0 Å². The van der Waals surface area contributed by atoms with E-state index in [9.17, 15) is 9.90 Å². The van der Waals surface area contributed by atoms with E-state index in [1.54, 1.807) is 28.8 Å². The van der Waals surface area contributed by atoms with E-state index in [1.807, 2.05) is 13.0 Å². The van der Waals surface area contributed by atoms with Crippen molar-refractivity contribution in [3.8, 4) is 0 Å². The van der Waals surface area contributed by atoms with Crippen molar-refractivity contribution in [1.29, 1.82) is 0 Å². The van der Waals surface area contributed by atoms with Gasteiger partial charge in [-0.3, -0.25) is 4.79 Å². The van der Waals surface area contributed by atoms with Gasteiger partial charge in [0.2, 0.25) is 0 Å². The van der Waals surface area contributed by atoms with Crippen LogP contribution in [-0.2, 0) is 6.54 Å². The number of benzene rings is 1. The van der Waals surface area contributed by atoms with Gasteiger partial charge in [0.25, 0.3) is 5.91 Å². The average molecular weight is 302 g/mol. The Morgan fingerprint density at radius 3 is 2.82 bits per heavy atom. The molecule has 3 rings (SSSR count). The minimum absolute atomic E-state index is 0.0896. The van der Waals surface area contributed by atoms with Crippen LogP contribution in [0.15, 0.2) is 18.2 Å². The second kappa shape index (κ2) is 5.68. The van der Waals surface area contributed by atoms with Crippen LogP contribution in [0.1, 0.15) is 43.0 Å². The third kappa shape index (κ3) is 2.70. The van der Waals surface area contributed by atoms with Gasteiger partial charge in [0.05, 0.1) is 11.1 Å². The molecule has 6 heteroatoms. The third-order valence-corrected chi connectivity index (χ3v) is 4.47. The first-order chi connectivity index (χ1) is 10.5. The number of carbonyl (C=O) groups is 1. The molecule has 1 fully saturated rings. The van der Waals surface area contributed by atoms with Gasteiger partial charge in [-0.05, 0) is 38.0 Å². The second-order valence-electron chi connectivity index (χ2n) is 6.20. The molecular weight excluding hydrogens is 280 g/mol. The number of hydrogen-bond donors (Lipinski definition) is 1. The van der Waals surface area contributed by atoms with E-state index in [1.165, 1.54) is 0 Å². The summed E-state index contributed by atoms with van der Waals surface area (Å²) in [5.41, 5.74) is 1.51. The van der Waals surface area contributed by atoms with Crippen LogP contribution in [0.25, 0.3) is 11.0 Å². The third-order valence-electron chi connectivity index (χ3n) is 4.47. The highest BCUT2D eigenvalue weighted by Crippen LogP contribution is 2.30. The highest BCUT2D eigenvalue weighted by atomic mass is 16.3. The van der Waals surface area contributed by atoms with Gasteiger partial charge in [0.15, 0.2) is 0 Å². The summed E-state index contributed by atoms with van der Waals surface area (Å²) in [5.74, 6) is -0.0896. The molecule has 1 aromatic carbocycles. The second-order valence-corrected chi connectivity index (χ2v) is 6.20. The zero-order chi connectivity index (χ0) is 15.7. The van der Waals surface area contributed by atoms with Crippen molar-refractivity contribution in [2.45, 2.75) is 44.8 Å². The van der Waals surface area contributed by atoms with E-state index in [0.717, 1.165) is 43.3 Å². The minimum atomic E-state index is -0.722. The lowest BCUT2D eigenvalue weighted by atomic mass is 10.0. The Morgan fingerprint density at radius 1 is 1.41 bits per heavy atom. The quantitative estimate of drug-likeness (QED) is 0.935. The van der Waals surface area contributed by atoms with E-state index in [-0.39, 0.29) is 5.91 Å². The maximum absolute atomic E-state index is 12.6. The maximum Gasteiger partial charge on any atom is 0.253 e. The van der Waals surface area contributed by atoms with Crippen molar-refractivity contribution >= 4 is 16.9 Å². The largest absolute Gasteiger partial charge is 0.388 e. The molecular formula is C16H22N4O2. The highest BCUT2D eigenvalue weighted by molar-refractivity contribution is 5.97. The molecule has 118 valence electrons. The van der Waals surface area contributed by atoms with Gasteiger partial charge in [-0.15, -0.1) is 5.10 Å². The van der Waals surface area contributed by atoms with Crippen LogP contribution in [0.2, 0.25) is 0 Å². The summed E-state index contributed by atoms with van der Waals surface area (Å²) in [4.78, 5) is 14.2. The van der Waals surface area contributed by atoms with Crippen LogP contribution < -0.4 is 0 Å². The summed E-state index contributed by atoms with van der Waals surface area (Å²) in [6, 6.07) is 5.45. The summed E-state index contributed by atoms with van der Waals surface area (Å²) >= 11 is 0. The standard InChI is InChI=1S/C16H22N4O2/c1-3-20-14-7-6-12(10-13(14)17-18-20)15(21)19(2)11-16(22)8-4-5-9-16/h6-7,10,22H,3-5,8-9,11H2,1-2H3. The van der Waals surface area contributed by atoms with Crippen LogP contribution in [0.5, 0.6) is 0 Å². The number of hydrogen-bond acceptors (Lipinski definition) is 4. The lowest BCUT2D eigenvalue weighted by Crippen LogP contribution is -2.42. The predicted octanol–water partition coefficient (Wildman–Crippen LogP) is 1.83. The molecule has 1 heterocycles. The summed E-state index contributed by atoms with van der Waals surface area (Å²) < 4.78 is 1.80. The summed E-state index contributed by atoms with van der Waals surface area (Å²) in [7, 11) is 1.74. The van der Waals surface area contributed by atoms with Crippen molar-refractivity contribution < 1.29 is 9.90 Å². The molecule has 0 saturated heterocycles. The Labute approximate surface area is 129 Å². The Balaban J connectivity index is 1.79. The van der Waals surface area contributed by atoms with Gasteiger partial charge in [0.1, 0.15) is 5.52 Å².